The molecule has 2 aromatic rings. The Kier molecular flexibility index (Phi) is 3.75. The summed E-state index contributed by atoms with van der Waals surface area (Å²) >= 11 is 1.82. The average Bonchev–Trinajstić information content (AvgIpc) is 2.95. The lowest BCUT2D eigenvalue weighted by molar-refractivity contribution is 0.214. The van der Waals surface area contributed by atoms with Gasteiger partial charge in [0.25, 0.3) is 0 Å². The van der Waals surface area contributed by atoms with Crippen LogP contribution in [0.15, 0.2) is 23.8 Å². The van der Waals surface area contributed by atoms with E-state index in [9.17, 15) is 0 Å². The van der Waals surface area contributed by atoms with Gasteiger partial charge in [-0.15, -0.1) is 11.3 Å². The number of methoxy groups -OCH3 is 1. The van der Waals surface area contributed by atoms with Crippen LogP contribution in [-0.2, 0) is 4.74 Å². The quantitative estimate of drug-likeness (QED) is 0.669. The maximum Gasteiger partial charge on any atom is 0.137 e. The second kappa shape index (κ2) is 5.27. The molecular weight excluding hydrogens is 304 g/mol. The van der Waals surface area contributed by atoms with Crippen molar-refractivity contribution in [1.82, 2.24) is 0 Å². The lowest BCUT2D eigenvalue weighted by Crippen LogP contribution is -2.24. The molecule has 0 aliphatic carbocycles. The highest BCUT2D eigenvalue weighted by molar-refractivity contribution is 7.20. The minimum atomic E-state index is 0.0773. The van der Waals surface area contributed by atoms with Crippen LogP contribution in [0.3, 0.4) is 0 Å². The molecule has 1 aliphatic rings. The van der Waals surface area contributed by atoms with E-state index in [0.29, 0.717) is 0 Å². The van der Waals surface area contributed by atoms with Crippen LogP contribution in [0.25, 0.3) is 15.8 Å². The van der Waals surface area contributed by atoms with Gasteiger partial charge in [-0.25, -0.2) is 0 Å². The number of thiophene rings is 1. The zero-order chi connectivity index (χ0) is 17.0. The molecule has 2 nitrogen and oxygen atoms in total. The van der Waals surface area contributed by atoms with Crippen LogP contribution in [-0.4, -0.2) is 13.7 Å². The van der Waals surface area contributed by atoms with Crippen LogP contribution in [0.2, 0.25) is 0 Å². The number of hydrogen-bond donors (Lipinski definition) is 0. The van der Waals surface area contributed by atoms with Crippen molar-refractivity contribution in [2.45, 2.75) is 41.5 Å². The Morgan fingerprint density at radius 3 is 2.52 bits per heavy atom. The number of ether oxygens (including phenoxy) is 2. The molecule has 0 spiro atoms. The third-order valence-electron chi connectivity index (χ3n) is 4.58. The molecule has 0 unspecified atom stereocenters. The molecule has 0 saturated heterocycles. The summed E-state index contributed by atoms with van der Waals surface area (Å²) in [7, 11) is 1.71. The van der Waals surface area contributed by atoms with E-state index in [1.54, 1.807) is 7.11 Å². The zero-order valence-corrected chi connectivity index (χ0v) is 16.0. The molecule has 1 aromatic heterocycles. The predicted octanol–water partition coefficient (Wildman–Crippen LogP) is 6.03. The number of aryl methyl sites for hydroxylation is 1. The van der Waals surface area contributed by atoms with Crippen molar-refractivity contribution >= 4 is 27.2 Å². The largest absolute Gasteiger partial charge is 0.497 e. The first-order chi connectivity index (χ1) is 10.6. The van der Waals surface area contributed by atoms with E-state index >= 15 is 0 Å². The molecule has 3 rings (SSSR count). The van der Waals surface area contributed by atoms with Crippen LogP contribution in [0.4, 0.5) is 0 Å². The Labute approximate surface area is 143 Å². The fraction of sp³-hybridized carbons (Fsp3) is 0.500. The van der Waals surface area contributed by atoms with Crippen LogP contribution < -0.4 is 4.74 Å². The van der Waals surface area contributed by atoms with Gasteiger partial charge in [0, 0.05) is 10.1 Å². The maximum atomic E-state index is 6.22. The Hall–Kier alpha value is -1.48. The van der Waals surface area contributed by atoms with Gasteiger partial charge in [0.15, 0.2) is 0 Å². The summed E-state index contributed by atoms with van der Waals surface area (Å²) in [6.07, 6.45) is 0. The zero-order valence-electron chi connectivity index (χ0n) is 15.2. The molecule has 23 heavy (non-hydrogen) atoms. The van der Waals surface area contributed by atoms with Gasteiger partial charge in [-0.2, -0.15) is 0 Å². The topological polar surface area (TPSA) is 18.5 Å². The Morgan fingerprint density at radius 2 is 1.91 bits per heavy atom. The van der Waals surface area contributed by atoms with Gasteiger partial charge in [-0.05, 0) is 47.1 Å². The second-order valence-corrected chi connectivity index (χ2v) is 9.10. The highest BCUT2D eigenvalue weighted by Crippen LogP contribution is 2.52. The van der Waals surface area contributed by atoms with E-state index in [1.807, 2.05) is 17.4 Å². The lowest BCUT2D eigenvalue weighted by Gasteiger charge is -2.30. The van der Waals surface area contributed by atoms with Gasteiger partial charge >= 0.3 is 0 Å². The smallest absolute Gasteiger partial charge is 0.137 e. The molecule has 0 amide bonds. The van der Waals surface area contributed by atoms with Crippen molar-refractivity contribution < 1.29 is 9.47 Å². The van der Waals surface area contributed by atoms with Gasteiger partial charge in [-0.1, -0.05) is 34.6 Å². The van der Waals surface area contributed by atoms with Crippen molar-refractivity contribution in [2.24, 2.45) is 10.8 Å². The predicted molar refractivity (Wildman–Crippen MR) is 99.2 cm³/mol. The van der Waals surface area contributed by atoms with Crippen molar-refractivity contribution in [1.29, 1.82) is 0 Å². The monoisotopic (exact) mass is 330 g/mol. The fourth-order valence-corrected chi connectivity index (χ4v) is 4.98. The molecule has 1 aromatic carbocycles. The van der Waals surface area contributed by atoms with Gasteiger partial charge in [0.2, 0.25) is 0 Å². The molecule has 3 heteroatoms. The first-order valence-electron chi connectivity index (χ1n) is 8.11. The molecule has 0 bridgehead atoms. The normalized spacial score (nSPS) is 17.7. The van der Waals surface area contributed by atoms with Gasteiger partial charge in [0.05, 0.1) is 18.6 Å². The van der Waals surface area contributed by atoms with Crippen LogP contribution in [0.1, 0.15) is 45.1 Å². The summed E-state index contributed by atoms with van der Waals surface area (Å²) in [6, 6.07) is 6.30. The van der Waals surface area contributed by atoms with Gasteiger partial charge < -0.3 is 9.47 Å². The van der Waals surface area contributed by atoms with E-state index < -0.39 is 0 Å². The SMILES string of the molecule is COc1ccc2sc(C3=C(C(C)(C)C)C(C)(C)CO3)c(C)c2c1. The van der Waals surface area contributed by atoms with Gasteiger partial charge in [0.1, 0.15) is 11.5 Å². The molecule has 0 N–H and O–H groups in total. The summed E-state index contributed by atoms with van der Waals surface area (Å²) in [6.45, 7) is 14.4. The number of rotatable bonds is 2. The molecule has 0 atom stereocenters. The summed E-state index contributed by atoms with van der Waals surface area (Å²) < 4.78 is 12.9. The number of fused-ring (bicyclic) bond motifs is 1. The summed E-state index contributed by atoms with van der Waals surface area (Å²) in [4.78, 5) is 1.27. The van der Waals surface area contributed by atoms with Crippen LogP contribution >= 0.6 is 11.3 Å². The Morgan fingerprint density at radius 1 is 1.22 bits per heavy atom. The lowest BCUT2D eigenvalue weighted by atomic mass is 9.71. The first kappa shape index (κ1) is 16.4. The molecule has 124 valence electrons. The van der Waals surface area contributed by atoms with E-state index in [0.717, 1.165) is 18.1 Å². The molecule has 0 fully saturated rings. The molecule has 2 heterocycles. The summed E-state index contributed by atoms with van der Waals surface area (Å²) in [5, 5.41) is 1.26. The molecule has 1 aliphatic heterocycles. The van der Waals surface area contributed by atoms with Crippen molar-refractivity contribution in [3.8, 4) is 5.75 Å². The standard InChI is InChI=1S/C20H26O2S/c1-12-14-10-13(21-7)8-9-15(14)23-17(12)16-18(19(2,3)4)20(5,6)11-22-16/h8-10H,11H2,1-7H3. The van der Waals surface area contributed by atoms with Gasteiger partial charge in [-0.3, -0.25) is 0 Å². The Bertz CT molecular complexity index is 788. The molecule has 0 saturated carbocycles. The highest BCUT2D eigenvalue weighted by Gasteiger charge is 2.42. The third kappa shape index (κ3) is 2.65. The highest BCUT2D eigenvalue weighted by atomic mass is 32.1. The second-order valence-electron chi connectivity index (χ2n) is 8.04. The summed E-state index contributed by atoms with van der Waals surface area (Å²) in [5.74, 6) is 2.00. The average molecular weight is 330 g/mol. The minimum absolute atomic E-state index is 0.0773. The van der Waals surface area contributed by atoms with E-state index in [4.69, 9.17) is 9.47 Å². The van der Waals surface area contributed by atoms with E-state index in [1.165, 1.54) is 26.1 Å². The third-order valence-corrected chi connectivity index (χ3v) is 5.85. The molecule has 0 radical (unpaired) electrons. The van der Waals surface area contributed by atoms with Crippen LogP contribution in [0.5, 0.6) is 5.75 Å². The van der Waals surface area contributed by atoms with Crippen LogP contribution in [0, 0.1) is 17.8 Å². The van der Waals surface area contributed by atoms with E-state index in [-0.39, 0.29) is 10.8 Å². The first-order valence-corrected chi connectivity index (χ1v) is 8.92. The molecular formula is C20H26O2S. The van der Waals surface area contributed by atoms with Crippen molar-refractivity contribution in [3.63, 3.8) is 0 Å². The minimum Gasteiger partial charge on any atom is -0.497 e. The maximum absolute atomic E-state index is 6.22. The van der Waals surface area contributed by atoms with Crippen molar-refractivity contribution in [3.05, 3.63) is 34.2 Å². The number of benzene rings is 1. The Balaban J connectivity index is 2.25. The fourth-order valence-electron chi connectivity index (χ4n) is 3.78. The number of hydrogen-bond acceptors (Lipinski definition) is 3. The summed E-state index contributed by atoms with van der Waals surface area (Å²) in [5.41, 5.74) is 2.88. The van der Waals surface area contributed by atoms with Crippen molar-refractivity contribution in [2.75, 3.05) is 13.7 Å². The van der Waals surface area contributed by atoms with E-state index in [2.05, 4.69) is 53.7 Å².